The van der Waals surface area contributed by atoms with Crippen LogP contribution in [0.2, 0.25) is 0 Å². The van der Waals surface area contributed by atoms with Crippen molar-refractivity contribution in [2.24, 2.45) is 5.41 Å². The molecular formula is C9H16N2. The van der Waals surface area contributed by atoms with E-state index in [1.54, 1.807) is 6.33 Å². The van der Waals surface area contributed by atoms with E-state index in [4.69, 9.17) is 0 Å². The second-order valence-corrected chi connectivity index (χ2v) is 4.12. The van der Waals surface area contributed by atoms with E-state index in [2.05, 4.69) is 30.7 Å². The number of aromatic nitrogens is 2. The second-order valence-electron chi connectivity index (χ2n) is 4.12. The van der Waals surface area contributed by atoms with Crippen LogP contribution in [0.5, 0.6) is 0 Å². The topological polar surface area (TPSA) is 28.7 Å². The Bertz CT molecular complexity index is 194. The van der Waals surface area contributed by atoms with Gasteiger partial charge in [-0.15, -0.1) is 0 Å². The molecule has 0 unspecified atom stereocenters. The van der Waals surface area contributed by atoms with Crippen molar-refractivity contribution >= 4 is 0 Å². The van der Waals surface area contributed by atoms with Gasteiger partial charge in [-0.25, -0.2) is 4.98 Å². The zero-order valence-corrected chi connectivity index (χ0v) is 7.52. The van der Waals surface area contributed by atoms with Crippen LogP contribution in [0.4, 0.5) is 0 Å². The summed E-state index contributed by atoms with van der Waals surface area (Å²) in [6.45, 7) is 6.75. The maximum Gasteiger partial charge on any atom is 0.0923 e. The molecule has 0 aliphatic rings. The Balaban J connectivity index is 2.35. The molecular weight excluding hydrogens is 136 g/mol. The smallest absolute Gasteiger partial charge is 0.0923 e. The average Bonchev–Trinajstić information content (AvgIpc) is 2.32. The first-order valence-corrected chi connectivity index (χ1v) is 4.05. The number of H-pyrrole nitrogens is 1. The van der Waals surface area contributed by atoms with Gasteiger partial charge in [0, 0.05) is 6.20 Å². The molecule has 1 rings (SSSR count). The zero-order valence-electron chi connectivity index (χ0n) is 7.52. The summed E-state index contributed by atoms with van der Waals surface area (Å²) in [4.78, 5) is 7.12. The zero-order chi connectivity index (χ0) is 8.32. The van der Waals surface area contributed by atoms with E-state index >= 15 is 0 Å². The fraction of sp³-hybridized carbons (Fsp3) is 0.667. The highest BCUT2D eigenvalue weighted by atomic mass is 14.9. The molecule has 0 saturated carbocycles. The molecule has 2 heteroatoms. The number of imidazole rings is 1. The lowest BCUT2D eigenvalue weighted by atomic mass is 9.90. The molecule has 1 heterocycles. The van der Waals surface area contributed by atoms with Gasteiger partial charge in [-0.05, 0) is 18.3 Å². The fourth-order valence-electron chi connectivity index (χ4n) is 0.931. The summed E-state index contributed by atoms with van der Waals surface area (Å²) < 4.78 is 0. The third kappa shape index (κ3) is 3.21. The van der Waals surface area contributed by atoms with Gasteiger partial charge in [-0.1, -0.05) is 20.8 Å². The molecule has 0 aliphatic heterocycles. The van der Waals surface area contributed by atoms with Crippen LogP contribution in [-0.4, -0.2) is 9.97 Å². The van der Waals surface area contributed by atoms with E-state index < -0.39 is 0 Å². The van der Waals surface area contributed by atoms with Gasteiger partial charge in [0.25, 0.3) is 0 Å². The average molecular weight is 152 g/mol. The number of aryl methyl sites for hydroxylation is 1. The van der Waals surface area contributed by atoms with E-state index in [9.17, 15) is 0 Å². The molecule has 1 N–H and O–H groups in total. The van der Waals surface area contributed by atoms with Crippen LogP contribution >= 0.6 is 0 Å². The largest absolute Gasteiger partial charge is 0.351 e. The van der Waals surface area contributed by atoms with Crippen molar-refractivity contribution in [2.45, 2.75) is 33.6 Å². The third-order valence-electron chi connectivity index (χ3n) is 1.69. The van der Waals surface area contributed by atoms with E-state index in [-0.39, 0.29) is 0 Å². The number of rotatable bonds is 2. The summed E-state index contributed by atoms with van der Waals surface area (Å²) in [5, 5.41) is 0. The van der Waals surface area contributed by atoms with Crippen LogP contribution in [-0.2, 0) is 6.42 Å². The summed E-state index contributed by atoms with van der Waals surface area (Å²) in [6.07, 6.45) is 5.97. The molecule has 2 nitrogen and oxygen atoms in total. The highest BCUT2D eigenvalue weighted by Gasteiger charge is 2.10. The highest BCUT2D eigenvalue weighted by molar-refractivity contribution is 4.94. The normalized spacial score (nSPS) is 11.9. The van der Waals surface area contributed by atoms with Gasteiger partial charge in [-0.2, -0.15) is 0 Å². The van der Waals surface area contributed by atoms with Crippen LogP contribution in [0.1, 0.15) is 32.9 Å². The van der Waals surface area contributed by atoms with Gasteiger partial charge in [0.05, 0.1) is 12.0 Å². The summed E-state index contributed by atoms with van der Waals surface area (Å²) in [5.41, 5.74) is 1.58. The van der Waals surface area contributed by atoms with E-state index in [1.807, 2.05) is 6.20 Å². The van der Waals surface area contributed by atoms with Gasteiger partial charge in [-0.3, -0.25) is 0 Å². The molecule has 11 heavy (non-hydrogen) atoms. The van der Waals surface area contributed by atoms with Gasteiger partial charge in [0.15, 0.2) is 0 Å². The van der Waals surface area contributed by atoms with Crippen LogP contribution in [0.25, 0.3) is 0 Å². The first-order valence-electron chi connectivity index (χ1n) is 4.05. The lowest BCUT2D eigenvalue weighted by Crippen LogP contribution is -2.06. The van der Waals surface area contributed by atoms with Gasteiger partial charge < -0.3 is 4.98 Å². The maximum absolute atomic E-state index is 4.16. The molecule has 0 amide bonds. The van der Waals surface area contributed by atoms with Crippen LogP contribution < -0.4 is 0 Å². The summed E-state index contributed by atoms with van der Waals surface area (Å²) >= 11 is 0. The number of nitrogens with one attached hydrogen (secondary N) is 1. The molecule has 1 aromatic rings. The molecule has 0 fully saturated rings. The molecule has 1 aromatic heterocycles. The van der Waals surface area contributed by atoms with Crippen molar-refractivity contribution in [1.82, 2.24) is 9.97 Å². The molecule has 62 valence electrons. The number of nitrogens with zero attached hydrogens (tertiary/aromatic N) is 1. The lowest BCUT2D eigenvalue weighted by molar-refractivity contribution is 0.376. The monoisotopic (exact) mass is 152 g/mol. The second kappa shape index (κ2) is 3.07. The highest BCUT2D eigenvalue weighted by Crippen LogP contribution is 2.20. The van der Waals surface area contributed by atoms with E-state index in [0.717, 1.165) is 6.42 Å². The predicted octanol–water partition coefficient (Wildman–Crippen LogP) is 2.39. The molecule has 0 saturated heterocycles. The van der Waals surface area contributed by atoms with E-state index in [0.29, 0.717) is 5.41 Å². The molecule has 0 radical (unpaired) electrons. The van der Waals surface area contributed by atoms with Gasteiger partial charge in [0.1, 0.15) is 0 Å². The third-order valence-corrected chi connectivity index (χ3v) is 1.69. The van der Waals surface area contributed by atoms with Crippen LogP contribution in [0.15, 0.2) is 12.5 Å². The van der Waals surface area contributed by atoms with Crippen LogP contribution in [0, 0.1) is 5.41 Å². The Morgan fingerprint density at radius 1 is 1.45 bits per heavy atom. The lowest BCUT2D eigenvalue weighted by Gasteiger charge is -2.16. The Kier molecular flexibility index (Phi) is 2.32. The Labute approximate surface area is 68.0 Å². The first kappa shape index (κ1) is 8.31. The number of hydrogen-bond donors (Lipinski definition) is 1. The molecule has 0 bridgehead atoms. The minimum absolute atomic E-state index is 0.416. The predicted molar refractivity (Wildman–Crippen MR) is 46.4 cm³/mol. The van der Waals surface area contributed by atoms with E-state index in [1.165, 1.54) is 12.1 Å². The summed E-state index contributed by atoms with van der Waals surface area (Å²) in [5.74, 6) is 0. The van der Waals surface area contributed by atoms with Gasteiger partial charge in [0.2, 0.25) is 0 Å². The maximum atomic E-state index is 4.16. The quantitative estimate of drug-likeness (QED) is 0.692. The molecule has 0 atom stereocenters. The minimum atomic E-state index is 0.416. The molecule has 0 aromatic carbocycles. The van der Waals surface area contributed by atoms with Crippen molar-refractivity contribution in [1.29, 1.82) is 0 Å². The number of hydrogen-bond acceptors (Lipinski definition) is 1. The Morgan fingerprint density at radius 3 is 2.64 bits per heavy atom. The van der Waals surface area contributed by atoms with Crippen molar-refractivity contribution < 1.29 is 0 Å². The number of aromatic amines is 1. The summed E-state index contributed by atoms with van der Waals surface area (Å²) in [6, 6.07) is 0. The van der Waals surface area contributed by atoms with Crippen molar-refractivity contribution in [3.63, 3.8) is 0 Å². The van der Waals surface area contributed by atoms with Gasteiger partial charge >= 0.3 is 0 Å². The summed E-state index contributed by atoms with van der Waals surface area (Å²) in [7, 11) is 0. The van der Waals surface area contributed by atoms with Crippen molar-refractivity contribution in [3.8, 4) is 0 Å². The minimum Gasteiger partial charge on any atom is -0.351 e. The Hall–Kier alpha value is -0.790. The first-order chi connectivity index (χ1) is 5.08. The van der Waals surface area contributed by atoms with Crippen molar-refractivity contribution in [2.75, 3.05) is 0 Å². The van der Waals surface area contributed by atoms with Crippen molar-refractivity contribution in [3.05, 3.63) is 18.2 Å². The molecule has 0 spiro atoms. The fourth-order valence-corrected chi connectivity index (χ4v) is 0.931. The SMILES string of the molecule is CC(C)(C)CCc1c[nH]cn1. The Morgan fingerprint density at radius 2 is 2.18 bits per heavy atom. The standard InChI is InChI=1S/C9H16N2/c1-9(2,3)5-4-8-6-10-7-11-8/h6-7H,4-5H2,1-3H3,(H,10,11). The molecule has 0 aliphatic carbocycles. The van der Waals surface area contributed by atoms with Crippen LogP contribution in [0.3, 0.4) is 0 Å².